The molecule has 0 aliphatic rings. The molecule has 1 heterocycles. The number of hydrogen-bond donors (Lipinski definition) is 3. The summed E-state index contributed by atoms with van der Waals surface area (Å²) in [6, 6.07) is 20.5. The molecule has 4 rings (SSSR count). The number of fused-ring (bicyclic) bond motifs is 1. The molecule has 134 valence electrons. The Kier molecular flexibility index (Phi) is 4.22. The lowest BCUT2D eigenvalue weighted by atomic mass is 9.99. The topological polar surface area (TPSA) is 93.2 Å². The number of nitrogens with zero attached hydrogens (tertiary/aromatic N) is 1. The monoisotopic (exact) mass is 358 g/mol. The highest BCUT2D eigenvalue weighted by atomic mass is 16.5. The van der Waals surface area contributed by atoms with Gasteiger partial charge in [0.2, 0.25) is 5.88 Å². The molecule has 0 unspecified atom stereocenters. The molecule has 0 bridgehead atoms. The third kappa shape index (κ3) is 3.32. The molecule has 0 atom stereocenters. The van der Waals surface area contributed by atoms with Gasteiger partial charge in [-0.1, -0.05) is 47.6 Å². The molecule has 0 aliphatic carbocycles. The van der Waals surface area contributed by atoms with Gasteiger partial charge < -0.3 is 20.9 Å². The number of urea groups is 1. The molecule has 0 saturated carbocycles. The van der Waals surface area contributed by atoms with E-state index in [1.165, 1.54) is 0 Å². The summed E-state index contributed by atoms with van der Waals surface area (Å²) in [5.74, 6) is 0.299. The number of anilines is 3. The smallest absolute Gasteiger partial charge is 0.323 e. The molecule has 0 radical (unpaired) electrons. The van der Waals surface area contributed by atoms with Gasteiger partial charge in [0.25, 0.3) is 0 Å². The van der Waals surface area contributed by atoms with Crippen molar-refractivity contribution in [2.24, 2.45) is 0 Å². The fraction of sp³-hybridized carbons (Fsp3) is 0.0476. The van der Waals surface area contributed by atoms with Crippen LogP contribution in [0.5, 0.6) is 0 Å². The van der Waals surface area contributed by atoms with E-state index in [1.807, 2.05) is 73.7 Å². The van der Waals surface area contributed by atoms with Gasteiger partial charge in [0.15, 0.2) is 0 Å². The SMILES string of the molecule is Cc1ccc(-c2ccc(NC(=O)Nc3ccccc3)cc2)c2c(N)onc12. The summed E-state index contributed by atoms with van der Waals surface area (Å²) in [7, 11) is 0. The van der Waals surface area contributed by atoms with E-state index in [0.717, 1.165) is 33.3 Å². The number of hydrogen-bond acceptors (Lipinski definition) is 4. The van der Waals surface area contributed by atoms with Crippen molar-refractivity contribution in [1.82, 2.24) is 5.16 Å². The minimum absolute atomic E-state index is 0.296. The van der Waals surface area contributed by atoms with E-state index in [9.17, 15) is 4.79 Å². The standard InChI is InChI=1S/C21H18N4O2/c1-13-7-12-17(18-19(13)25-27-20(18)22)14-8-10-16(11-9-14)24-21(26)23-15-5-3-2-4-6-15/h2-12H,22H2,1H3,(H2,23,24,26). The number of carbonyl (C=O) groups is 1. The third-order valence-corrected chi connectivity index (χ3v) is 4.35. The van der Waals surface area contributed by atoms with Gasteiger partial charge in [-0.2, -0.15) is 0 Å². The second-order valence-corrected chi connectivity index (χ2v) is 6.22. The van der Waals surface area contributed by atoms with Gasteiger partial charge in [-0.3, -0.25) is 0 Å². The van der Waals surface area contributed by atoms with Crippen LogP contribution >= 0.6 is 0 Å². The van der Waals surface area contributed by atoms with E-state index in [2.05, 4.69) is 15.8 Å². The van der Waals surface area contributed by atoms with E-state index in [0.29, 0.717) is 11.6 Å². The first-order valence-electron chi connectivity index (χ1n) is 8.50. The maximum absolute atomic E-state index is 12.1. The molecule has 0 saturated heterocycles. The average molecular weight is 358 g/mol. The van der Waals surface area contributed by atoms with Crippen LogP contribution in [0.2, 0.25) is 0 Å². The van der Waals surface area contributed by atoms with Crippen LogP contribution in [-0.2, 0) is 0 Å². The Labute approximate surface area is 156 Å². The molecule has 0 aliphatic heterocycles. The Hall–Kier alpha value is -3.80. The second-order valence-electron chi connectivity index (χ2n) is 6.22. The van der Waals surface area contributed by atoms with Crippen molar-refractivity contribution >= 4 is 34.2 Å². The molecular formula is C21H18N4O2. The van der Waals surface area contributed by atoms with E-state index in [1.54, 1.807) is 0 Å². The quantitative estimate of drug-likeness (QED) is 0.479. The molecule has 3 aromatic carbocycles. The number of amides is 2. The Morgan fingerprint density at radius 3 is 2.30 bits per heavy atom. The third-order valence-electron chi connectivity index (χ3n) is 4.35. The maximum atomic E-state index is 12.1. The largest absolute Gasteiger partial charge is 0.367 e. The summed E-state index contributed by atoms with van der Waals surface area (Å²) in [6.45, 7) is 1.96. The first kappa shape index (κ1) is 16.7. The number of nitrogen functional groups attached to an aromatic ring is 1. The van der Waals surface area contributed by atoms with Gasteiger partial charge >= 0.3 is 6.03 Å². The van der Waals surface area contributed by atoms with Gasteiger partial charge in [0, 0.05) is 11.4 Å². The molecule has 6 nitrogen and oxygen atoms in total. The zero-order valence-electron chi connectivity index (χ0n) is 14.7. The van der Waals surface area contributed by atoms with Crippen LogP contribution in [0.4, 0.5) is 22.1 Å². The first-order valence-corrected chi connectivity index (χ1v) is 8.50. The van der Waals surface area contributed by atoms with Crippen molar-refractivity contribution < 1.29 is 9.32 Å². The van der Waals surface area contributed by atoms with Crippen LogP contribution in [0, 0.1) is 6.92 Å². The summed E-state index contributed by atoms with van der Waals surface area (Å²) in [5, 5.41) is 10.4. The second kappa shape index (κ2) is 6.84. The number of para-hydroxylation sites is 1. The molecule has 6 heteroatoms. The summed E-state index contributed by atoms with van der Waals surface area (Å²) in [6.07, 6.45) is 0. The molecule has 27 heavy (non-hydrogen) atoms. The highest BCUT2D eigenvalue weighted by Crippen LogP contribution is 2.34. The molecule has 1 aromatic heterocycles. The predicted molar refractivity (Wildman–Crippen MR) is 108 cm³/mol. The normalized spacial score (nSPS) is 10.7. The minimum Gasteiger partial charge on any atom is -0.367 e. The number of carbonyl (C=O) groups excluding carboxylic acids is 1. The first-order chi connectivity index (χ1) is 13.1. The minimum atomic E-state index is -0.296. The van der Waals surface area contributed by atoms with Crippen LogP contribution in [0.3, 0.4) is 0 Å². The predicted octanol–water partition coefficient (Wildman–Crippen LogP) is 5.03. The van der Waals surface area contributed by atoms with Crippen molar-refractivity contribution in [2.45, 2.75) is 6.92 Å². The lowest BCUT2D eigenvalue weighted by Gasteiger charge is -2.09. The lowest BCUT2D eigenvalue weighted by Crippen LogP contribution is -2.19. The molecule has 4 N–H and O–H groups in total. The van der Waals surface area contributed by atoms with Crippen molar-refractivity contribution in [3.8, 4) is 11.1 Å². The molecule has 0 fully saturated rings. The molecule has 0 spiro atoms. The fourth-order valence-corrected chi connectivity index (χ4v) is 2.99. The van der Waals surface area contributed by atoms with E-state index in [-0.39, 0.29) is 6.03 Å². The van der Waals surface area contributed by atoms with Gasteiger partial charge in [0.05, 0.1) is 5.39 Å². The number of aromatic nitrogens is 1. The molecule has 2 amide bonds. The number of benzene rings is 3. The zero-order chi connectivity index (χ0) is 18.8. The number of aryl methyl sites for hydroxylation is 1. The zero-order valence-corrected chi connectivity index (χ0v) is 14.7. The van der Waals surface area contributed by atoms with E-state index >= 15 is 0 Å². The summed E-state index contributed by atoms with van der Waals surface area (Å²) in [5.41, 5.74) is 11.0. The number of nitrogens with two attached hydrogens (primary N) is 1. The molecular weight excluding hydrogens is 340 g/mol. The van der Waals surface area contributed by atoms with Crippen molar-refractivity contribution in [3.05, 3.63) is 72.3 Å². The number of nitrogens with one attached hydrogen (secondary N) is 2. The Balaban J connectivity index is 1.55. The number of rotatable bonds is 3. The van der Waals surface area contributed by atoms with Crippen LogP contribution in [0.15, 0.2) is 71.3 Å². The van der Waals surface area contributed by atoms with Crippen LogP contribution < -0.4 is 16.4 Å². The highest BCUT2D eigenvalue weighted by molar-refractivity contribution is 6.03. The summed E-state index contributed by atoms with van der Waals surface area (Å²) >= 11 is 0. The summed E-state index contributed by atoms with van der Waals surface area (Å²) in [4.78, 5) is 12.1. The fourth-order valence-electron chi connectivity index (χ4n) is 2.99. The summed E-state index contributed by atoms with van der Waals surface area (Å²) < 4.78 is 5.15. The van der Waals surface area contributed by atoms with Crippen LogP contribution in [0.1, 0.15) is 5.56 Å². The van der Waals surface area contributed by atoms with Crippen LogP contribution in [-0.4, -0.2) is 11.2 Å². The Morgan fingerprint density at radius 2 is 1.59 bits per heavy atom. The van der Waals surface area contributed by atoms with Gasteiger partial charge in [-0.15, -0.1) is 0 Å². The average Bonchev–Trinajstić information content (AvgIpc) is 3.07. The molecule has 4 aromatic rings. The van der Waals surface area contributed by atoms with E-state index in [4.69, 9.17) is 10.3 Å². The van der Waals surface area contributed by atoms with Crippen molar-refractivity contribution in [3.63, 3.8) is 0 Å². The van der Waals surface area contributed by atoms with Crippen molar-refractivity contribution in [2.75, 3.05) is 16.4 Å². The van der Waals surface area contributed by atoms with Gasteiger partial charge in [-0.05, 0) is 47.9 Å². The lowest BCUT2D eigenvalue weighted by molar-refractivity contribution is 0.262. The Morgan fingerprint density at radius 1 is 0.926 bits per heavy atom. The maximum Gasteiger partial charge on any atom is 0.323 e. The highest BCUT2D eigenvalue weighted by Gasteiger charge is 2.14. The van der Waals surface area contributed by atoms with Crippen LogP contribution in [0.25, 0.3) is 22.0 Å². The van der Waals surface area contributed by atoms with Crippen molar-refractivity contribution in [1.29, 1.82) is 0 Å². The van der Waals surface area contributed by atoms with Gasteiger partial charge in [-0.25, -0.2) is 4.79 Å². The van der Waals surface area contributed by atoms with Gasteiger partial charge in [0.1, 0.15) is 5.52 Å². The Bertz CT molecular complexity index is 1100. The van der Waals surface area contributed by atoms with E-state index < -0.39 is 0 Å².